The Morgan fingerprint density at radius 3 is 2.70 bits per heavy atom. The fourth-order valence-corrected chi connectivity index (χ4v) is 2.20. The van der Waals surface area contributed by atoms with Gasteiger partial charge < -0.3 is 9.47 Å². The number of benzene rings is 2. The lowest BCUT2D eigenvalue weighted by atomic mass is 10.1. The molecule has 1 aliphatic rings. The van der Waals surface area contributed by atoms with Crippen molar-refractivity contribution in [3.63, 3.8) is 0 Å². The summed E-state index contributed by atoms with van der Waals surface area (Å²) in [6.07, 6.45) is 0.145. The van der Waals surface area contributed by atoms with Crippen molar-refractivity contribution in [3.05, 3.63) is 59.7 Å². The molecule has 3 rings (SSSR count). The summed E-state index contributed by atoms with van der Waals surface area (Å²) in [6, 6.07) is 14.9. The molecular weight excluding hydrogens is 254 g/mol. The molecule has 0 bridgehead atoms. The quantitative estimate of drug-likeness (QED) is 0.803. The van der Waals surface area contributed by atoms with E-state index in [1.807, 2.05) is 48.5 Å². The Morgan fingerprint density at radius 1 is 1.15 bits per heavy atom. The number of carbonyl (C=O) groups excluding carboxylic acids is 1. The monoisotopic (exact) mass is 267 g/mol. The molecule has 4 heteroatoms. The highest BCUT2D eigenvalue weighted by molar-refractivity contribution is 6.00. The van der Waals surface area contributed by atoms with Crippen LogP contribution >= 0.6 is 0 Å². The molecule has 0 spiro atoms. The number of rotatable bonds is 3. The lowest BCUT2D eigenvalue weighted by Gasteiger charge is -2.22. The highest BCUT2D eigenvalue weighted by Gasteiger charge is 2.25. The molecule has 20 heavy (non-hydrogen) atoms. The normalized spacial score (nSPS) is 16.6. The molecule has 1 heterocycles. The molecule has 1 unspecified atom stereocenters. The Morgan fingerprint density at radius 2 is 1.90 bits per heavy atom. The van der Waals surface area contributed by atoms with Crippen LogP contribution in [0.15, 0.2) is 53.5 Å². The second-order valence-electron chi connectivity index (χ2n) is 4.35. The van der Waals surface area contributed by atoms with Crippen LogP contribution in [0.5, 0.6) is 5.75 Å². The summed E-state index contributed by atoms with van der Waals surface area (Å²) in [5, 5.41) is 0. The van der Waals surface area contributed by atoms with Crippen LogP contribution in [0.2, 0.25) is 0 Å². The van der Waals surface area contributed by atoms with Crippen molar-refractivity contribution in [1.82, 2.24) is 0 Å². The first-order valence-electron chi connectivity index (χ1n) is 6.26. The SMILES string of the molecule is COc1ccccc1C1=Nc2ccccc2C(C=O)O1. The van der Waals surface area contributed by atoms with Crippen molar-refractivity contribution in [3.8, 4) is 5.75 Å². The maximum Gasteiger partial charge on any atom is 0.226 e. The molecule has 0 saturated carbocycles. The number of ether oxygens (including phenoxy) is 2. The Bertz CT molecular complexity index is 679. The lowest BCUT2D eigenvalue weighted by molar-refractivity contribution is -0.114. The third kappa shape index (κ3) is 2.05. The number of hydrogen-bond donors (Lipinski definition) is 0. The van der Waals surface area contributed by atoms with E-state index in [-0.39, 0.29) is 0 Å². The first-order chi connectivity index (χ1) is 9.83. The molecule has 0 fully saturated rings. The summed E-state index contributed by atoms with van der Waals surface area (Å²) in [6.45, 7) is 0. The number of aliphatic imine (C=N–C) groups is 1. The van der Waals surface area contributed by atoms with Crippen molar-refractivity contribution in [2.24, 2.45) is 4.99 Å². The van der Waals surface area contributed by atoms with Crippen molar-refractivity contribution < 1.29 is 14.3 Å². The average Bonchev–Trinajstić information content (AvgIpc) is 2.53. The number of methoxy groups -OCH3 is 1. The van der Waals surface area contributed by atoms with Gasteiger partial charge in [0, 0.05) is 5.56 Å². The van der Waals surface area contributed by atoms with Crippen molar-refractivity contribution >= 4 is 17.9 Å². The van der Waals surface area contributed by atoms with E-state index in [4.69, 9.17) is 9.47 Å². The standard InChI is InChI=1S/C16H13NO3/c1-19-14-9-5-3-7-12(14)16-17-13-8-4-2-6-11(13)15(10-18)20-16/h2-10,15H,1H3. The maximum atomic E-state index is 11.2. The van der Waals surface area contributed by atoms with Crippen molar-refractivity contribution in [2.45, 2.75) is 6.10 Å². The van der Waals surface area contributed by atoms with Gasteiger partial charge in [-0.15, -0.1) is 0 Å². The van der Waals surface area contributed by atoms with Gasteiger partial charge in [-0.1, -0.05) is 30.3 Å². The van der Waals surface area contributed by atoms with Crippen LogP contribution in [0, 0.1) is 0 Å². The van der Waals surface area contributed by atoms with E-state index < -0.39 is 6.10 Å². The van der Waals surface area contributed by atoms with E-state index in [1.54, 1.807) is 7.11 Å². The zero-order valence-electron chi connectivity index (χ0n) is 10.9. The van der Waals surface area contributed by atoms with Gasteiger partial charge in [-0.25, -0.2) is 4.99 Å². The second-order valence-corrected chi connectivity index (χ2v) is 4.35. The summed E-state index contributed by atoms with van der Waals surface area (Å²) in [4.78, 5) is 15.7. The minimum atomic E-state index is -0.636. The minimum absolute atomic E-state index is 0.401. The maximum absolute atomic E-state index is 11.2. The first kappa shape index (κ1) is 12.4. The van der Waals surface area contributed by atoms with Crippen LogP contribution < -0.4 is 4.74 Å². The van der Waals surface area contributed by atoms with E-state index in [9.17, 15) is 4.79 Å². The van der Waals surface area contributed by atoms with Gasteiger partial charge in [0.25, 0.3) is 0 Å². The Balaban J connectivity index is 2.12. The molecule has 0 N–H and O–H groups in total. The molecule has 2 aromatic rings. The van der Waals surface area contributed by atoms with Crippen LogP contribution in [0.1, 0.15) is 17.2 Å². The van der Waals surface area contributed by atoms with E-state index in [0.29, 0.717) is 11.6 Å². The second kappa shape index (κ2) is 5.17. The van der Waals surface area contributed by atoms with Crippen molar-refractivity contribution in [2.75, 3.05) is 7.11 Å². The number of para-hydroxylation sites is 2. The topological polar surface area (TPSA) is 47.9 Å². The molecule has 0 amide bonds. The van der Waals surface area contributed by atoms with E-state index in [2.05, 4.69) is 4.99 Å². The third-order valence-corrected chi connectivity index (χ3v) is 3.16. The fraction of sp³-hybridized carbons (Fsp3) is 0.125. The van der Waals surface area contributed by atoms with Gasteiger partial charge in [0.05, 0.1) is 18.4 Å². The average molecular weight is 267 g/mol. The van der Waals surface area contributed by atoms with Gasteiger partial charge in [-0.3, -0.25) is 4.79 Å². The van der Waals surface area contributed by atoms with Gasteiger partial charge in [0.15, 0.2) is 12.4 Å². The van der Waals surface area contributed by atoms with Gasteiger partial charge in [-0.2, -0.15) is 0 Å². The summed E-state index contributed by atoms with van der Waals surface area (Å²) >= 11 is 0. The smallest absolute Gasteiger partial charge is 0.226 e. The third-order valence-electron chi connectivity index (χ3n) is 3.16. The zero-order valence-corrected chi connectivity index (χ0v) is 10.9. The molecule has 0 aromatic heterocycles. The van der Waals surface area contributed by atoms with Crippen LogP contribution in [-0.4, -0.2) is 19.3 Å². The molecular formula is C16H13NO3. The van der Waals surface area contributed by atoms with E-state index in [0.717, 1.165) is 23.1 Å². The fourth-order valence-electron chi connectivity index (χ4n) is 2.20. The first-order valence-corrected chi connectivity index (χ1v) is 6.26. The van der Waals surface area contributed by atoms with Gasteiger partial charge >= 0.3 is 0 Å². The molecule has 2 aromatic carbocycles. The van der Waals surface area contributed by atoms with Crippen LogP contribution in [0.25, 0.3) is 0 Å². The number of fused-ring (bicyclic) bond motifs is 1. The van der Waals surface area contributed by atoms with Gasteiger partial charge in [-0.05, 0) is 18.2 Å². The summed E-state index contributed by atoms with van der Waals surface area (Å²) < 4.78 is 11.0. The lowest BCUT2D eigenvalue weighted by Crippen LogP contribution is -2.18. The van der Waals surface area contributed by atoms with Crippen LogP contribution in [0.4, 0.5) is 5.69 Å². The highest BCUT2D eigenvalue weighted by Crippen LogP contribution is 2.34. The van der Waals surface area contributed by atoms with E-state index in [1.165, 1.54) is 0 Å². The summed E-state index contributed by atoms with van der Waals surface area (Å²) in [5.41, 5.74) is 2.26. The van der Waals surface area contributed by atoms with Crippen LogP contribution in [0.3, 0.4) is 0 Å². The Kier molecular flexibility index (Phi) is 3.21. The van der Waals surface area contributed by atoms with E-state index >= 15 is 0 Å². The highest BCUT2D eigenvalue weighted by atomic mass is 16.5. The summed E-state index contributed by atoms with van der Waals surface area (Å²) in [5.74, 6) is 1.06. The molecule has 0 radical (unpaired) electrons. The molecule has 0 aliphatic carbocycles. The molecule has 1 atom stereocenters. The number of carbonyl (C=O) groups is 1. The predicted molar refractivity (Wildman–Crippen MR) is 75.5 cm³/mol. The van der Waals surface area contributed by atoms with Gasteiger partial charge in [0.2, 0.25) is 5.90 Å². The Hall–Kier alpha value is -2.62. The molecule has 100 valence electrons. The van der Waals surface area contributed by atoms with Crippen LogP contribution in [-0.2, 0) is 9.53 Å². The molecule has 1 aliphatic heterocycles. The predicted octanol–water partition coefficient (Wildman–Crippen LogP) is 3.04. The largest absolute Gasteiger partial charge is 0.496 e. The number of aldehydes is 1. The molecule has 4 nitrogen and oxygen atoms in total. The Labute approximate surface area is 116 Å². The minimum Gasteiger partial charge on any atom is -0.496 e. The number of nitrogens with zero attached hydrogens (tertiary/aromatic N) is 1. The number of hydrogen-bond acceptors (Lipinski definition) is 4. The zero-order chi connectivity index (χ0) is 13.9. The summed E-state index contributed by atoms with van der Waals surface area (Å²) in [7, 11) is 1.59. The van der Waals surface area contributed by atoms with Crippen molar-refractivity contribution in [1.29, 1.82) is 0 Å². The molecule has 0 saturated heterocycles. The van der Waals surface area contributed by atoms with Gasteiger partial charge in [0.1, 0.15) is 5.75 Å².